The summed E-state index contributed by atoms with van der Waals surface area (Å²) in [5, 5.41) is 0.248. The van der Waals surface area contributed by atoms with Gasteiger partial charge < -0.3 is 5.73 Å². The molecular weight excluding hydrogens is 193 g/mol. The SMILES string of the molecule is NC(=O)/C=C/c1c(F)cccc1Cl. The molecule has 2 nitrogen and oxygen atoms in total. The summed E-state index contributed by atoms with van der Waals surface area (Å²) in [6.07, 6.45) is 2.31. The van der Waals surface area contributed by atoms with Crippen LogP contribution in [0.5, 0.6) is 0 Å². The van der Waals surface area contributed by atoms with Crippen molar-refractivity contribution in [2.75, 3.05) is 0 Å². The molecule has 2 N–H and O–H groups in total. The van der Waals surface area contributed by atoms with Crippen LogP contribution in [0.4, 0.5) is 4.39 Å². The molecule has 1 rings (SSSR count). The van der Waals surface area contributed by atoms with Crippen molar-refractivity contribution in [3.05, 3.63) is 40.7 Å². The van der Waals surface area contributed by atoms with E-state index in [2.05, 4.69) is 0 Å². The maximum atomic E-state index is 13.0. The van der Waals surface area contributed by atoms with Crippen LogP contribution in [-0.2, 0) is 4.79 Å². The van der Waals surface area contributed by atoms with E-state index in [1.54, 1.807) is 0 Å². The standard InChI is InChI=1S/C9H7ClFNO/c10-7-2-1-3-8(11)6(7)4-5-9(12)13/h1-5H,(H2,12,13)/b5-4+. The lowest BCUT2D eigenvalue weighted by atomic mass is 10.2. The van der Waals surface area contributed by atoms with Crippen molar-refractivity contribution in [3.63, 3.8) is 0 Å². The van der Waals surface area contributed by atoms with Gasteiger partial charge in [-0.2, -0.15) is 0 Å². The van der Waals surface area contributed by atoms with E-state index in [1.807, 2.05) is 0 Å². The maximum Gasteiger partial charge on any atom is 0.241 e. The monoisotopic (exact) mass is 199 g/mol. The summed E-state index contributed by atoms with van der Waals surface area (Å²) >= 11 is 5.67. The first-order valence-electron chi connectivity index (χ1n) is 3.53. The van der Waals surface area contributed by atoms with Crippen molar-refractivity contribution in [1.82, 2.24) is 0 Å². The summed E-state index contributed by atoms with van der Waals surface area (Å²) in [6, 6.07) is 4.27. The van der Waals surface area contributed by atoms with Crippen LogP contribution in [0.3, 0.4) is 0 Å². The van der Waals surface area contributed by atoms with E-state index >= 15 is 0 Å². The molecule has 0 aromatic heterocycles. The zero-order valence-electron chi connectivity index (χ0n) is 6.63. The first kappa shape index (κ1) is 9.74. The van der Waals surface area contributed by atoms with Gasteiger partial charge in [-0.1, -0.05) is 17.7 Å². The molecule has 68 valence electrons. The van der Waals surface area contributed by atoms with E-state index in [0.29, 0.717) is 0 Å². The third-order valence-corrected chi connectivity index (χ3v) is 1.74. The number of hydrogen-bond acceptors (Lipinski definition) is 1. The zero-order valence-corrected chi connectivity index (χ0v) is 7.38. The van der Waals surface area contributed by atoms with Crippen LogP contribution in [0.25, 0.3) is 6.08 Å². The molecular formula is C9H7ClFNO. The zero-order chi connectivity index (χ0) is 9.84. The van der Waals surface area contributed by atoms with Gasteiger partial charge in [0, 0.05) is 11.6 Å². The van der Waals surface area contributed by atoms with Crippen molar-refractivity contribution in [3.8, 4) is 0 Å². The fraction of sp³-hybridized carbons (Fsp3) is 0. The van der Waals surface area contributed by atoms with Gasteiger partial charge in [-0.05, 0) is 18.2 Å². The van der Waals surface area contributed by atoms with Gasteiger partial charge in [-0.15, -0.1) is 0 Å². The Morgan fingerprint density at radius 2 is 2.23 bits per heavy atom. The van der Waals surface area contributed by atoms with Gasteiger partial charge in [0.2, 0.25) is 5.91 Å². The number of benzene rings is 1. The van der Waals surface area contributed by atoms with Crippen LogP contribution >= 0.6 is 11.6 Å². The molecule has 1 aromatic carbocycles. The highest BCUT2D eigenvalue weighted by molar-refractivity contribution is 6.32. The first-order chi connectivity index (χ1) is 6.11. The minimum absolute atomic E-state index is 0.169. The van der Waals surface area contributed by atoms with Crippen molar-refractivity contribution in [2.45, 2.75) is 0 Å². The highest BCUT2D eigenvalue weighted by Crippen LogP contribution is 2.19. The lowest BCUT2D eigenvalue weighted by Gasteiger charge is -1.98. The average molecular weight is 200 g/mol. The number of carbonyl (C=O) groups is 1. The van der Waals surface area contributed by atoms with E-state index in [0.717, 1.165) is 6.08 Å². The fourth-order valence-corrected chi connectivity index (χ4v) is 1.06. The predicted octanol–water partition coefficient (Wildman–Crippen LogP) is 1.98. The number of amides is 1. The Kier molecular flexibility index (Phi) is 3.03. The molecule has 0 radical (unpaired) electrons. The Labute approximate surface area is 79.8 Å². The molecule has 0 spiro atoms. The molecule has 0 heterocycles. The van der Waals surface area contributed by atoms with Crippen molar-refractivity contribution < 1.29 is 9.18 Å². The van der Waals surface area contributed by atoms with Crippen LogP contribution in [0.15, 0.2) is 24.3 Å². The van der Waals surface area contributed by atoms with Gasteiger partial charge in [0.05, 0.1) is 5.02 Å². The van der Waals surface area contributed by atoms with E-state index in [1.165, 1.54) is 24.3 Å². The second kappa shape index (κ2) is 4.05. The largest absolute Gasteiger partial charge is 0.366 e. The van der Waals surface area contributed by atoms with Crippen LogP contribution < -0.4 is 5.73 Å². The Balaban J connectivity index is 3.06. The summed E-state index contributed by atoms with van der Waals surface area (Å²) in [4.78, 5) is 10.4. The highest BCUT2D eigenvalue weighted by Gasteiger charge is 2.02. The van der Waals surface area contributed by atoms with E-state index in [9.17, 15) is 9.18 Å². The van der Waals surface area contributed by atoms with Crippen LogP contribution in [0.2, 0.25) is 5.02 Å². The minimum atomic E-state index is -0.640. The van der Waals surface area contributed by atoms with E-state index in [4.69, 9.17) is 17.3 Å². The summed E-state index contributed by atoms with van der Waals surface area (Å²) < 4.78 is 13.0. The van der Waals surface area contributed by atoms with Gasteiger partial charge in [0.1, 0.15) is 5.82 Å². The maximum absolute atomic E-state index is 13.0. The Morgan fingerprint density at radius 3 is 2.77 bits per heavy atom. The number of hydrogen-bond donors (Lipinski definition) is 1. The van der Waals surface area contributed by atoms with Gasteiger partial charge in [-0.25, -0.2) is 4.39 Å². The molecule has 0 saturated carbocycles. The molecule has 0 unspecified atom stereocenters. The summed E-state index contributed by atoms with van der Waals surface area (Å²) in [5.41, 5.74) is 5.02. The summed E-state index contributed by atoms with van der Waals surface area (Å²) in [5.74, 6) is -1.12. The second-order valence-corrected chi connectivity index (χ2v) is 2.78. The third kappa shape index (κ3) is 2.56. The first-order valence-corrected chi connectivity index (χ1v) is 3.90. The van der Waals surface area contributed by atoms with Crippen LogP contribution in [-0.4, -0.2) is 5.91 Å². The summed E-state index contributed by atoms with van der Waals surface area (Å²) in [7, 11) is 0. The Hall–Kier alpha value is -1.35. The van der Waals surface area contributed by atoms with Crippen LogP contribution in [0, 0.1) is 5.82 Å². The molecule has 0 bridgehead atoms. The van der Waals surface area contributed by atoms with Gasteiger partial charge in [0.25, 0.3) is 0 Å². The molecule has 13 heavy (non-hydrogen) atoms. The molecule has 0 aliphatic rings. The number of primary amides is 1. The van der Waals surface area contributed by atoms with Gasteiger partial charge in [-0.3, -0.25) is 4.79 Å². The Bertz CT molecular complexity index is 342. The average Bonchev–Trinajstić information content (AvgIpc) is 2.03. The third-order valence-electron chi connectivity index (χ3n) is 1.41. The lowest BCUT2D eigenvalue weighted by molar-refractivity contribution is -0.113. The molecule has 0 saturated heterocycles. The Morgan fingerprint density at radius 1 is 1.54 bits per heavy atom. The molecule has 0 atom stereocenters. The lowest BCUT2D eigenvalue weighted by Crippen LogP contribution is -2.05. The molecule has 1 amide bonds. The normalized spacial score (nSPS) is 10.6. The van der Waals surface area contributed by atoms with E-state index in [-0.39, 0.29) is 10.6 Å². The van der Waals surface area contributed by atoms with Crippen molar-refractivity contribution in [1.29, 1.82) is 0 Å². The summed E-state index contributed by atoms with van der Waals surface area (Å²) in [6.45, 7) is 0. The second-order valence-electron chi connectivity index (χ2n) is 2.37. The van der Waals surface area contributed by atoms with E-state index < -0.39 is 11.7 Å². The number of nitrogens with two attached hydrogens (primary N) is 1. The predicted molar refractivity (Wildman–Crippen MR) is 49.6 cm³/mol. The number of rotatable bonds is 2. The van der Waals surface area contributed by atoms with Crippen molar-refractivity contribution >= 4 is 23.6 Å². The van der Waals surface area contributed by atoms with Gasteiger partial charge in [0.15, 0.2) is 0 Å². The van der Waals surface area contributed by atoms with Gasteiger partial charge >= 0.3 is 0 Å². The number of carbonyl (C=O) groups excluding carboxylic acids is 1. The van der Waals surface area contributed by atoms with Crippen LogP contribution in [0.1, 0.15) is 5.56 Å². The topological polar surface area (TPSA) is 43.1 Å². The smallest absolute Gasteiger partial charge is 0.241 e. The quantitative estimate of drug-likeness (QED) is 0.728. The fourth-order valence-electron chi connectivity index (χ4n) is 0.835. The minimum Gasteiger partial charge on any atom is -0.366 e. The molecule has 0 aliphatic carbocycles. The molecule has 0 fully saturated rings. The molecule has 0 aliphatic heterocycles. The highest BCUT2D eigenvalue weighted by atomic mass is 35.5. The van der Waals surface area contributed by atoms with Crippen molar-refractivity contribution in [2.24, 2.45) is 5.73 Å². The molecule has 4 heteroatoms. The number of halogens is 2. The molecule has 1 aromatic rings.